The Kier molecular flexibility index (Phi) is 6.78. The first-order valence-electron chi connectivity index (χ1n) is 7.88. The van der Waals surface area contributed by atoms with Gasteiger partial charge in [-0.2, -0.15) is 0 Å². The highest BCUT2D eigenvalue weighted by Gasteiger charge is 2.38. The highest BCUT2D eigenvalue weighted by Crippen LogP contribution is 2.42. The number of unbranched alkanes of at least 4 members (excludes halogenated alkanes) is 2. The molecule has 0 radical (unpaired) electrons. The normalized spacial score (nSPS) is 28.6. The van der Waals surface area contributed by atoms with Crippen molar-refractivity contribution in [2.24, 2.45) is 17.1 Å². The van der Waals surface area contributed by atoms with Crippen molar-refractivity contribution in [1.29, 1.82) is 0 Å². The molecule has 0 bridgehead atoms. The molecule has 0 saturated heterocycles. The molecule has 0 heterocycles. The fraction of sp³-hybridized carbons (Fsp3) is 1.00. The smallest absolute Gasteiger partial charge is 0.0804 e. The minimum atomic E-state index is -0.0685. The molecule has 1 aliphatic carbocycles. The van der Waals surface area contributed by atoms with E-state index in [4.69, 9.17) is 15.6 Å². The molecule has 1 aliphatic rings. The van der Waals surface area contributed by atoms with Crippen LogP contribution in [-0.4, -0.2) is 30.5 Å². The molecule has 0 aromatic rings. The molecule has 3 heteroatoms. The van der Waals surface area contributed by atoms with Crippen molar-refractivity contribution < 1.29 is 9.84 Å². The summed E-state index contributed by atoms with van der Waals surface area (Å²) in [6, 6.07) is 0. The lowest BCUT2D eigenvalue weighted by Crippen LogP contribution is -2.45. The highest BCUT2D eigenvalue weighted by atomic mass is 16.5. The van der Waals surface area contributed by atoms with Crippen molar-refractivity contribution in [2.45, 2.75) is 71.3 Å². The van der Waals surface area contributed by atoms with Gasteiger partial charge in [-0.15, -0.1) is 0 Å². The number of rotatable bonds is 7. The van der Waals surface area contributed by atoms with E-state index in [2.05, 4.69) is 20.8 Å². The first-order chi connectivity index (χ1) is 8.93. The van der Waals surface area contributed by atoms with Crippen LogP contribution >= 0.6 is 0 Å². The lowest BCUT2D eigenvalue weighted by atomic mass is 9.68. The number of hydrogen-bond acceptors (Lipinski definition) is 3. The minimum Gasteiger partial charge on any atom is -0.396 e. The molecule has 0 aromatic heterocycles. The summed E-state index contributed by atoms with van der Waals surface area (Å²) in [5, 5.41) is 8.76. The third kappa shape index (κ3) is 5.41. The Bertz CT molecular complexity index is 240. The van der Waals surface area contributed by atoms with Gasteiger partial charge in [0.25, 0.3) is 0 Å². The molecule has 3 nitrogen and oxygen atoms in total. The standard InChI is InChI=1S/C16H33NO2/c1-15(2,3)14-7-9-16(13-17,10-8-14)19-12-6-4-5-11-18/h14,18H,4-13,17H2,1-3H3. The van der Waals surface area contributed by atoms with Crippen molar-refractivity contribution in [2.75, 3.05) is 19.8 Å². The van der Waals surface area contributed by atoms with Gasteiger partial charge in [0, 0.05) is 19.8 Å². The van der Waals surface area contributed by atoms with Gasteiger partial charge in [0.15, 0.2) is 0 Å². The molecule has 114 valence electrons. The largest absolute Gasteiger partial charge is 0.396 e. The van der Waals surface area contributed by atoms with E-state index in [0.29, 0.717) is 12.0 Å². The maximum atomic E-state index is 8.76. The summed E-state index contributed by atoms with van der Waals surface area (Å²) in [5.41, 5.74) is 6.30. The second kappa shape index (κ2) is 7.61. The van der Waals surface area contributed by atoms with Crippen molar-refractivity contribution in [3.8, 4) is 0 Å². The lowest BCUT2D eigenvalue weighted by molar-refractivity contribution is -0.0808. The van der Waals surface area contributed by atoms with E-state index in [1.165, 1.54) is 12.8 Å². The first-order valence-corrected chi connectivity index (χ1v) is 7.88. The zero-order valence-electron chi connectivity index (χ0n) is 13.1. The van der Waals surface area contributed by atoms with Crippen LogP contribution in [0.1, 0.15) is 65.7 Å². The molecule has 0 aliphatic heterocycles. The van der Waals surface area contributed by atoms with Crippen LogP contribution < -0.4 is 5.73 Å². The zero-order valence-corrected chi connectivity index (χ0v) is 13.1. The molecule has 19 heavy (non-hydrogen) atoms. The fourth-order valence-corrected chi connectivity index (χ4v) is 3.10. The third-order valence-electron chi connectivity index (χ3n) is 4.70. The van der Waals surface area contributed by atoms with Crippen LogP contribution in [0.4, 0.5) is 0 Å². The molecule has 0 spiro atoms. The molecule has 1 fully saturated rings. The lowest BCUT2D eigenvalue weighted by Gasteiger charge is -2.43. The quantitative estimate of drug-likeness (QED) is 0.700. The summed E-state index contributed by atoms with van der Waals surface area (Å²) in [7, 11) is 0. The van der Waals surface area contributed by atoms with Crippen molar-refractivity contribution in [1.82, 2.24) is 0 Å². The Balaban J connectivity index is 2.34. The molecule has 1 saturated carbocycles. The molecule has 1 rings (SSSR count). The van der Waals surface area contributed by atoms with E-state index in [-0.39, 0.29) is 12.2 Å². The van der Waals surface area contributed by atoms with E-state index in [1.54, 1.807) is 0 Å². The topological polar surface area (TPSA) is 55.5 Å². The summed E-state index contributed by atoms with van der Waals surface area (Å²) < 4.78 is 6.12. The number of nitrogens with two attached hydrogens (primary N) is 1. The zero-order chi connectivity index (χ0) is 14.4. The van der Waals surface area contributed by atoms with Crippen LogP contribution in [0.15, 0.2) is 0 Å². The van der Waals surface area contributed by atoms with Crippen LogP contribution in [0.3, 0.4) is 0 Å². The van der Waals surface area contributed by atoms with Gasteiger partial charge in [-0.1, -0.05) is 20.8 Å². The number of aliphatic hydroxyl groups is 1. The van der Waals surface area contributed by atoms with Crippen LogP contribution in [0.5, 0.6) is 0 Å². The molecular formula is C16H33NO2. The Morgan fingerprint density at radius 1 is 1.16 bits per heavy atom. The number of aliphatic hydroxyl groups excluding tert-OH is 1. The molecule has 0 amide bonds. The summed E-state index contributed by atoms with van der Waals surface area (Å²) >= 11 is 0. The van der Waals surface area contributed by atoms with Gasteiger partial charge in [-0.05, 0) is 56.3 Å². The van der Waals surface area contributed by atoms with Gasteiger partial charge >= 0.3 is 0 Å². The molecule has 3 N–H and O–H groups in total. The summed E-state index contributed by atoms with van der Waals surface area (Å²) in [4.78, 5) is 0. The SMILES string of the molecule is CC(C)(C)C1CCC(CN)(OCCCCCO)CC1. The van der Waals surface area contributed by atoms with E-state index in [0.717, 1.165) is 44.6 Å². The molecular weight excluding hydrogens is 238 g/mol. The average Bonchev–Trinajstić information content (AvgIpc) is 2.38. The predicted molar refractivity (Wildman–Crippen MR) is 80.1 cm³/mol. The highest BCUT2D eigenvalue weighted by molar-refractivity contribution is 4.91. The van der Waals surface area contributed by atoms with E-state index in [9.17, 15) is 0 Å². The Labute approximate surface area is 118 Å². The molecule has 0 aromatic carbocycles. The Morgan fingerprint density at radius 3 is 2.26 bits per heavy atom. The van der Waals surface area contributed by atoms with E-state index >= 15 is 0 Å². The third-order valence-corrected chi connectivity index (χ3v) is 4.70. The summed E-state index contributed by atoms with van der Waals surface area (Å²) in [5.74, 6) is 0.796. The van der Waals surface area contributed by atoms with Crippen LogP contribution in [0.25, 0.3) is 0 Å². The first kappa shape index (κ1) is 16.9. The van der Waals surface area contributed by atoms with Gasteiger partial charge in [-0.25, -0.2) is 0 Å². The number of hydrogen-bond donors (Lipinski definition) is 2. The monoisotopic (exact) mass is 271 g/mol. The number of ether oxygens (including phenoxy) is 1. The van der Waals surface area contributed by atoms with E-state index < -0.39 is 0 Å². The van der Waals surface area contributed by atoms with Crippen LogP contribution in [-0.2, 0) is 4.74 Å². The Hall–Kier alpha value is -0.120. The molecule has 0 unspecified atom stereocenters. The minimum absolute atomic E-state index is 0.0685. The van der Waals surface area contributed by atoms with Crippen molar-refractivity contribution in [3.63, 3.8) is 0 Å². The maximum Gasteiger partial charge on any atom is 0.0804 e. The summed E-state index contributed by atoms with van der Waals surface area (Å²) in [6.07, 6.45) is 7.63. The van der Waals surface area contributed by atoms with Crippen LogP contribution in [0.2, 0.25) is 0 Å². The van der Waals surface area contributed by atoms with E-state index in [1.807, 2.05) is 0 Å². The average molecular weight is 271 g/mol. The second-order valence-electron chi connectivity index (χ2n) is 7.16. The fourth-order valence-electron chi connectivity index (χ4n) is 3.10. The predicted octanol–water partition coefficient (Wildman–Crippen LogP) is 3.10. The van der Waals surface area contributed by atoms with Gasteiger partial charge < -0.3 is 15.6 Å². The van der Waals surface area contributed by atoms with Gasteiger partial charge in [0.1, 0.15) is 0 Å². The second-order valence-corrected chi connectivity index (χ2v) is 7.16. The molecule has 0 atom stereocenters. The van der Waals surface area contributed by atoms with Crippen molar-refractivity contribution in [3.05, 3.63) is 0 Å². The van der Waals surface area contributed by atoms with Crippen molar-refractivity contribution >= 4 is 0 Å². The van der Waals surface area contributed by atoms with Gasteiger partial charge in [0.05, 0.1) is 5.60 Å². The van der Waals surface area contributed by atoms with Crippen LogP contribution in [0, 0.1) is 11.3 Å². The maximum absolute atomic E-state index is 8.76. The van der Waals surface area contributed by atoms with Gasteiger partial charge in [-0.3, -0.25) is 0 Å². The Morgan fingerprint density at radius 2 is 1.79 bits per heavy atom. The van der Waals surface area contributed by atoms with Gasteiger partial charge in [0.2, 0.25) is 0 Å². The summed E-state index contributed by atoms with van der Waals surface area (Å²) in [6.45, 7) is 8.73.